The van der Waals surface area contributed by atoms with Gasteiger partial charge in [-0.2, -0.15) is 12.6 Å². The Bertz CT molecular complexity index is 770. The van der Waals surface area contributed by atoms with Crippen LogP contribution in [0.4, 0.5) is 11.5 Å². The van der Waals surface area contributed by atoms with Gasteiger partial charge in [-0.3, -0.25) is 14.7 Å². The van der Waals surface area contributed by atoms with E-state index < -0.39 is 0 Å². The van der Waals surface area contributed by atoms with Gasteiger partial charge in [0.1, 0.15) is 17.8 Å². The molecular weight excluding hydrogens is 310 g/mol. The first-order chi connectivity index (χ1) is 11.2. The predicted molar refractivity (Wildman–Crippen MR) is 91.9 cm³/mol. The summed E-state index contributed by atoms with van der Waals surface area (Å²) in [6.45, 7) is 0. The fourth-order valence-corrected chi connectivity index (χ4v) is 4.14. The highest BCUT2D eigenvalue weighted by Crippen LogP contribution is 2.41. The summed E-state index contributed by atoms with van der Waals surface area (Å²) in [6.07, 6.45) is 8.52. The van der Waals surface area contributed by atoms with Crippen molar-refractivity contribution < 1.29 is 0 Å². The van der Waals surface area contributed by atoms with Crippen LogP contribution in [0.15, 0.2) is 35.5 Å². The molecule has 1 fully saturated rings. The first-order valence-corrected chi connectivity index (χ1v) is 8.46. The van der Waals surface area contributed by atoms with E-state index in [9.17, 15) is 4.79 Å². The fraction of sp³-hybridized carbons (Fsp3) is 0.438. The van der Waals surface area contributed by atoms with Gasteiger partial charge in [0.25, 0.3) is 5.56 Å². The summed E-state index contributed by atoms with van der Waals surface area (Å²) in [7, 11) is 0. The molecular formula is C16H19N5OS. The number of aromatic nitrogens is 3. The maximum absolute atomic E-state index is 13.1. The molecule has 0 aromatic carbocycles. The smallest absolute Gasteiger partial charge is 0.276 e. The molecule has 2 aliphatic rings. The van der Waals surface area contributed by atoms with Crippen molar-refractivity contribution in [2.24, 2.45) is 0 Å². The van der Waals surface area contributed by atoms with Crippen LogP contribution in [0.2, 0.25) is 0 Å². The number of rotatable bonds is 2. The zero-order valence-corrected chi connectivity index (χ0v) is 13.6. The lowest BCUT2D eigenvalue weighted by atomic mass is 9.89. The third-order valence-electron chi connectivity index (χ3n) is 4.75. The number of nitrogens with zero attached hydrogens (tertiary/aromatic N) is 3. The molecule has 120 valence electrons. The minimum atomic E-state index is -0.291. The largest absolute Gasteiger partial charge is 0.336 e. The third kappa shape index (κ3) is 2.44. The van der Waals surface area contributed by atoms with Crippen LogP contribution in [0, 0.1) is 0 Å². The second-order valence-electron chi connectivity index (χ2n) is 6.17. The second kappa shape index (κ2) is 5.65. The molecule has 0 bridgehead atoms. The molecule has 7 heteroatoms. The summed E-state index contributed by atoms with van der Waals surface area (Å²) in [5.41, 5.74) is 1.16. The van der Waals surface area contributed by atoms with Crippen molar-refractivity contribution in [1.29, 1.82) is 0 Å². The molecule has 1 aliphatic heterocycles. The van der Waals surface area contributed by atoms with Crippen LogP contribution in [0.1, 0.15) is 43.2 Å². The van der Waals surface area contributed by atoms with Crippen LogP contribution in [-0.2, 0) is 5.66 Å². The summed E-state index contributed by atoms with van der Waals surface area (Å²) >= 11 is 4.62. The second-order valence-corrected chi connectivity index (χ2v) is 6.69. The lowest BCUT2D eigenvalue weighted by Crippen LogP contribution is -2.48. The van der Waals surface area contributed by atoms with Crippen molar-refractivity contribution in [3.8, 4) is 0 Å². The molecule has 1 atom stereocenters. The Labute approximate surface area is 139 Å². The zero-order chi connectivity index (χ0) is 15.9. The van der Waals surface area contributed by atoms with Gasteiger partial charge in [-0.15, -0.1) is 0 Å². The fourth-order valence-electron chi connectivity index (χ4n) is 3.70. The number of hydrogen-bond acceptors (Lipinski definition) is 6. The molecule has 1 aliphatic carbocycles. The summed E-state index contributed by atoms with van der Waals surface area (Å²) in [5, 5.41) is 6.54. The molecule has 1 saturated carbocycles. The molecule has 1 unspecified atom stereocenters. The molecule has 6 nitrogen and oxygen atoms in total. The number of thiol groups is 1. The van der Waals surface area contributed by atoms with Crippen molar-refractivity contribution in [3.05, 3.63) is 46.8 Å². The molecule has 2 aromatic heterocycles. The topological polar surface area (TPSA) is 71.8 Å². The van der Waals surface area contributed by atoms with Crippen molar-refractivity contribution >= 4 is 24.1 Å². The van der Waals surface area contributed by atoms with Gasteiger partial charge in [-0.25, -0.2) is 9.97 Å². The summed E-state index contributed by atoms with van der Waals surface area (Å²) in [6, 6.07) is 5.52. The maximum Gasteiger partial charge on any atom is 0.276 e. The number of anilines is 2. The van der Waals surface area contributed by atoms with Crippen LogP contribution < -0.4 is 16.2 Å². The number of fused-ring (bicyclic) bond motifs is 2. The van der Waals surface area contributed by atoms with Crippen molar-refractivity contribution in [2.45, 2.75) is 43.1 Å². The van der Waals surface area contributed by atoms with Crippen LogP contribution in [0.5, 0.6) is 0 Å². The van der Waals surface area contributed by atoms with E-state index in [2.05, 4.69) is 33.2 Å². The lowest BCUT2D eigenvalue weighted by molar-refractivity contribution is 0.165. The van der Waals surface area contributed by atoms with E-state index in [0.29, 0.717) is 11.5 Å². The molecule has 2 N–H and O–H groups in total. The Morgan fingerprint density at radius 1 is 1.26 bits per heavy atom. The van der Waals surface area contributed by atoms with Gasteiger partial charge in [-0.1, -0.05) is 6.42 Å². The minimum absolute atomic E-state index is 0.0212. The van der Waals surface area contributed by atoms with Gasteiger partial charge in [-0.05, 0) is 43.9 Å². The average Bonchev–Trinajstić information content (AvgIpc) is 2.84. The normalized spacial score (nSPS) is 22.0. The zero-order valence-electron chi connectivity index (χ0n) is 12.7. The highest BCUT2D eigenvalue weighted by atomic mass is 32.1. The number of hydrogen-bond donors (Lipinski definition) is 3. The number of pyridine rings is 1. The molecule has 0 saturated heterocycles. The molecule has 0 amide bonds. The van der Waals surface area contributed by atoms with Crippen molar-refractivity contribution in [1.82, 2.24) is 19.9 Å². The summed E-state index contributed by atoms with van der Waals surface area (Å²) in [4.78, 5) is 21.1. The summed E-state index contributed by atoms with van der Waals surface area (Å²) in [5.74, 6) is 0.615. The van der Waals surface area contributed by atoms with Crippen LogP contribution >= 0.6 is 12.6 Å². The SMILES string of the molecule is O=c1c(Nc2ccncn2)ccc2n1C1(CCCCC1)NC2S. The molecule has 0 radical (unpaired) electrons. The minimum Gasteiger partial charge on any atom is -0.336 e. The van der Waals surface area contributed by atoms with Crippen LogP contribution in [0.25, 0.3) is 0 Å². The summed E-state index contributed by atoms with van der Waals surface area (Å²) < 4.78 is 1.91. The van der Waals surface area contributed by atoms with Gasteiger partial charge < -0.3 is 5.32 Å². The molecule has 23 heavy (non-hydrogen) atoms. The van der Waals surface area contributed by atoms with Gasteiger partial charge in [0.05, 0.1) is 16.7 Å². The van der Waals surface area contributed by atoms with E-state index in [-0.39, 0.29) is 16.6 Å². The third-order valence-corrected chi connectivity index (χ3v) is 5.15. The lowest BCUT2D eigenvalue weighted by Gasteiger charge is -2.36. The van der Waals surface area contributed by atoms with Crippen molar-refractivity contribution in [2.75, 3.05) is 5.32 Å². The van der Waals surface area contributed by atoms with E-state index >= 15 is 0 Å². The quantitative estimate of drug-likeness (QED) is 0.739. The van der Waals surface area contributed by atoms with E-state index in [0.717, 1.165) is 31.4 Å². The van der Waals surface area contributed by atoms with Gasteiger partial charge in [0, 0.05) is 6.20 Å². The van der Waals surface area contributed by atoms with E-state index in [4.69, 9.17) is 0 Å². The van der Waals surface area contributed by atoms with Crippen LogP contribution in [0.3, 0.4) is 0 Å². The highest BCUT2D eigenvalue weighted by Gasteiger charge is 2.43. The first kappa shape index (κ1) is 14.7. The molecule has 1 spiro atoms. The maximum atomic E-state index is 13.1. The van der Waals surface area contributed by atoms with Gasteiger partial charge in [0.2, 0.25) is 0 Å². The first-order valence-electron chi connectivity index (χ1n) is 7.95. The van der Waals surface area contributed by atoms with Gasteiger partial charge in [0.15, 0.2) is 0 Å². The standard InChI is InChI=1S/C16H19N5OS/c22-15-11(19-13-6-9-17-10-18-13)4-5-12-14(23)20-16(21(12)15)7-2-1-3-8-16/h4-6,9-10,14,20,23H,1-3,7-8H2,(H,17,18,19). The van der Waals surface area contributed by atoms with Gasteiger partial charge >= 0.3 is 0 Å². The average molecular weight is 329 g/mol. The van der Waals surface area contributed by atoms with E-state index in [1.807, 2.05) is 16.7 Å². The van der Waals surface area contributed by atoms with E-state index in [1.165, 1.54) is 12.7 Å². The molecule has 3 heterocycles. The highest BCUT2D eigenvalue weighted by molar-refractivity contribution is 7.80. The molecule has 4 rings (SSSR count). The molecule has 2 aromatic rings. The van der Waals surface area contributed by atoms with E-state index in [1.54, 1.807) is 12.3 Å². The Hall–Kier alpha value is -1.86. The Morgan fingerprint density at radius 2 is 2.09 bits per heavy atom. The Balaban J connectivity index is 1.78. The monoisotopic (exact) mass is 329 g/mol. The van der Waals surface area contributed by atoms with Crippen molar-refractivity contribution in [3.63, 3.8) is 0 Å². The number of nitrogens with one attached hydrogen (secondary N) is 2. The van der Waals surface area contributed by atoms with Crippen LogP contribution in [-0.4, -0.2) is 14.5 Å². The predicted octanol–water partition coefficient (Wildman–Crippen LogP) is 2.53. The Morgan fingerprint density at radius 3 is 2.83 bits per heavy atom. The Kier molecular flexibility index (Phi) is 3.61.